The topological polar surface area (TPSA) is 57.9 Å². The third-order valence-corrected chi connectivity index (χ3v) is 5.01. The summed E-state index contributed by atoms with van der Waals surface area (Å²) in [6.07, 6.45) is 1.71. The van der Waals surface area contributed by atoms with Gasteiger partial charge >= 0.3 is 0 Å². The van der Waals surface area contributed by atoms with Crippen LogP contribution in [-0.4, -0.2) is 12.1 Å². The minimum atomic E-state index is 0.507. The first kappa shape index (κ1) is 17.7. The minimum Gasteiger partial charge on any atom is -0.497 e. The summed E-state index contributed by atoms with van der Waals surface area (Å²) in [5.74, 6) is 0.805. The fraction of sp³-hybridized carbons (Fsp3) is 0.143. The lowest BCUT2D eigenvalue weighted by Crippen LogP contribution is -1.92. The van der Waals surface area contributed by atoms with Gasteiger partial charge in [0.25, 0.3) is 0 Å². The molecular weight excluding hydrogens is 342 g/mol. The van der Waals surface area contributed by atoms with Crippen LogP contribution in [-0.2, 0) is 0 Å². The normalized spacial score (nSPS) is 11.1. The number of hydrogen-bond acceptors (Lipinski definition) is 5. The molecule has 0 unspecified atom stereocenters. The van der Waals surface area contributed by atoms with Crippen LogP contribution in [0.2, 0.25) is 0 Å². The molecule has 0 radical (unpaired) electrons. The maximum absolute atomic E-state index is 9.50. The largest absolute Gasteiger partial charge is 0.497 e. The van der Waals surface area contributed by atoms with Crippen molar-refractivity contribution in [3.8, 4) is 23.1 Å². The van der Waals surface area contributed by atoms with E-state index in [1.807, 2.05) is 35.7 Å². The number of hydrogen-bond donors (Lipinski definition) is 1. The number of thiazole rings is 1. The Kier molecular flexibility index (Phi) is 5.35. The SMILES string of the molecule is COc1ccc(-c2csc(/C(C#N)=C/Nc3ccc(C)c(C)c3)n2)cc1. The second kappa shape index (κ2) is 7.85. The number of allylic oxidation sites excluding steroid dienone is 1. The average molecular weight is 361 g/mol. The Morgan fingerprint density at radius 2 is 1.92 bits per heavy atom. The van der Waals surface area contributed by atoms with Crippen LogP contribution >= 0.6 is 11.3 Å². The van der Waals surface area contributed by atoms with Gasteiger partial charge in [-0.25, -0.2) is 4.98 Å². The Bertz CT molecular complexity index is 981. The van der Waals surface area contributed by atoms with Crippen molar-refractivity contribution in [3.05, 3.63) is 70.2 Å². The third-order valence-electron chi connectivity index (χ3n) is 4.13. The van der Waals surface area contributed by atoms with Crippen LogP contribution in [0, 0.1) is 25.2 Å². The molecular formula is C21H19N3OS. The van der Waals surface area contributed by atoms with Gasteiger partial charge in [0.1, 0.15) is 22.4 Å². The quantitative estimate of drug-likeness (QED) is 0.617. The summed E-state index contributed by atoms with van der Waals surface area (Å²) in [7, 11) is 1.64. The predicted molar refractivity (Wildman–Crippen MR) is 107 cm³/mol. The van der Waals surface area contributed by atoms with Crippen LogP contribution in [0.4, 0.5) is 5.69 Å². The highest BCUT2D eigenvalue weighted by molar-refractivity contribution is 7.11. The third kappa shape index (κ3) is 3.93. The molecule has 4 nitrogen and oxygen atoms in total. The molecule has 1 heterocycles. The Balaban J connectivity index is 1.81. The Hall–Kier alpha value is -3.10. The number of ether oxygens (including phenoxy) is 1. The molecule has 0 aliphatic rings. The van der Waals surface area contributed by atoms with Crippen LogP contribution in [0.5, 0.6) is 5.75 Å². The fourth-order valence-electron chi connectivity index (χ4n) is 2.42. The predicted octanol–water partition coefficient (Wildman–Crippen LogP) is 5.41. The highest BCUT2D eigenvalue weighted by Gasteiger charge is 2.09. The molecule has 1 aromatic heterocycles. The van der Waals surface area contributed by atoms with E-state index in [0.29, 0.717) is 10.6 Å². The van der Waals surface area contributed by atoms with Gasteiger partial charge in [-0.3, -0.25) is 0 Å². The molecule has 130 valence electrons. The summed E-state index contributed by atoms with van der Waals surface area (Å²) >= 11 is 1.45. The molecule has 3 aromatic rings. The molecule has 0 atom stereocenters. The van der Waals surface area contributed by atoms with Gasteiger partial charge in [0.15, 0.2) is 0 Å². The summed E-state index contributed by atoms with van der Waals surface area (Å²) in [6.45, 7) is 4.14. The van der Waals surface area contributed by atoms with Gasteiger partial charge < -0.3 is 10.1 Å². The van der Waals surface area contributed by atoms with Crippen LogP contribution in [0.25, 0.3) is 16.8 Å². The number of nitrogens with zero attached hydrogens (tertiary/aromatic N) is 2. The second-order valence-corrected chi connectivity index (χ2v) is 6.74. The molecule has 1 N–H and O–H groups in total. The molecule has 0 aliphatic carbocycles. The van der Waals surface area contributed by atoms with Gasteiger partial charge in [-0.05, 0) is 61.4 Å². The number of benzene rings is 2. The molecule has 0 spiro atoms. The van der Waals surface area contributed by atoms with Gasteiger partial charge in [-0.1, -0.05) is 6.07 Å². The summed E-state index contributed by atoms with van der Waals surface area (Å²) in [6, 6.07) is 16.1. The van der Waals surface area contributed by atoms with Gasteiger partial charge in [0.2, 0.25) is 0 Å². The number of nitriles is 1. The van der Waals surface area contributed by atoms with E-state index in [4.69, 9.17) is 4.74 Å². The smallest absolute Gasteiger partial charge is 0.136 e. The van der Waals surface area contributed by atoms with E-state index in [1.54, 1.807) is 13.3 Å². The highest BCUT2D eigenvalue weighted by Crippen LogP contribution is 2.27. The van der Waals surface area contributed by atoms with Crippen LogP contribution in [0.15, 0.2) is 54.0 Å². The van der Waals surface area contributed by atoms with Crippen molar-refractivity contribution in [2.75, 3.05) is 12.4 Å². The van der Waals surface area contributed by atoms with E-state index in [9.17, 15) is 5.26 Å². The minimum absolute atomic E-state index is 0.507. The fourth-order valence-corrected chi connectivity index (χ4v) is 3.21. The van der Waals surface area contributed by atoms with E-state index in [2.05, 4.69) is 42.4 Å². The maximum Gasteiger partial charge on any atom is 0.136 e. The van der Waals surface area contributed by atoms with Crippen molar-refractivity contribution >= 4 is 22.6 Å². The zero-order chi connectivity index (χ0) is 18.5. The van der Waals surface area contributed by atoms with E-state index in [0.717, 1.165) is 22.7 Å². The molecule has 0 saturated heterocycles. The van der Waals surface area contributed by atoms with Crippen molar-refractivity contribution in [2.24, 2.45) is 0 Å². The summed E-state index contributed by atoms with van der Waals surface area (Å²) in [5, 5.41) is 15.3. The summed E-state index contributed by atoms with van der Waals surface area (Å²) in [5.41, 5.74) is 5.75. The Morgan fingerprint density at radius 1 is 1.15 bits per heavy atom. The first-order valence-electron chi connectivity index (χ1n) is 8.15. The molecule has 0 bridgehead atoms. The van der Waals surface area contributed by atoms with Crippen LogP contribution in [0.1, 0.15) is 16.1 Å². The van der Waals surface area contributed by atoms with Crippen molar-refractivity contribution in [1.82, 2.24) is 4.98 Å². The number of aromatic nitrogens is 1. The molecule has 26 heavy (non-hydrogen) atoms. The van der Waals surface area contributed by atoms with E-state index >= 15 is 0 Å². The lowest BCUT2D eigenvalue weighted by Gasteiger charge is -2.05. The maximum atomic E-state index is 9.50. The van der Waals surface area contributed by atoms with E-state index in [1.165, 1.54) is 22.5 Å². The van der Waals surface area contributed by atoms with Gasteiger partial charge in [-0.15, -0.1) is 11.3 Å². The molecule has 3 rings (SSSR count). The van der Waals surface area contributed by atoms with E-state index in [-0.39, 0.29) is 0 Å². The monoisotopic (exact) mass is 361 g/mol. The number of aryl methyl sites for hydroxylation is 2. The van der Waals surface area contributed by atoms with Crippen molar-refractivity contribution in [1.29, 1.82) is 5.26 Å². The first-order valence-corrected chi connectivity index (χ1v) is 9.03. The van der Waals surface area contributed by atoms with Gasteiger partial charge in [0, 0.05) is 22.8 Å². The van der Waals surface area contributed by atoms with Crippen LogP contribution in [0.3, 0.4) is 0 Å². The van der Waals surface area contributed by atoms with E-state index < -0.39 is 0 Å². The molecule has 0 fully saturated rings. The van der Waals surface area contributed by atoms with Crippen LogP contribution < -0.4 is 10.1 Å². The van der Waals surface area contributed by atoms with Crippen molar-refractivity contribution in [3.63, 3.8) is 0 Å². The van der Waals surface area contributed by atoms with Crippen molar-refractivity contribution in [2.45, 2.75) is 13.8 Å². The zero-order valence-electron chi connectivity index (χ0n) is 14.9. The Labute approximate surface area is 157 Å². The number of methoxy groups -OCH3 is 1. The standard InChI is InChI=1S/C21H19N3OS/c1-14-4-7-18(10-15(14)2)23-12-17(11-22)21-24-20(13-26-21)16-5-8-19(25-3)9-6-16/h4-10,12-13,23H,1-3H3/b17-12+. The number of rotatable bonds is 5. The molecule has 0 amide bonds. The highest BCUT2D eigenvalue weighted by atomic mass is 32.1. The Morgan fingerprint density at radius 3 is 2.58 bits per heavy atom. The molecule has 0 saturated carbocycles. The summed E-state index contributed by atoms with van der Waals surface area (Å²) in [4.78, 5) is 4.60. The first-order chi connectivity index (χ1) is 12.6. The average Bonchev–Trinajstić information content (AvgIpc) is 3.15. The number of anilines is 1. The van der Waals surface area contributed by atoms with Gasteiger partial charge in [0.05, 0.1) is 12.8 Å². The van der Waals surface area contributed by atoms with Gasteiger partial charge in [-0.2, -0.15) is 5.26 Å². The lowest BCUT2D eigenvalue weighted by atomic mass is 10.1. The van der Waals surface area contributed by atoms with Crippen molar-refractivity contribution < 1.29 is 4.74 Å². The second-order valence-electron chi connectivity index (χ2n) is 5.88. The summed E-state index contributed by atoms with van der Waals surface area (Å²) < 4.78 is 5.18. The zero-order valence-corrected chi connectivity index (χ0v) is 15.7. The molecule has 2 aromatic carbocycles. The lowest BCUT2D eigenvalue weighted by molar-refractivity contribution is 0.415. The number of nitrogens with one attached hydrogen (secondary N) is 1. The molecule has 0 aliphatic heterocycles. The molecule has 5 heteroatoms.